The van der Waals surface area contributed by atoms with Crippen LogP contribution in [-0.2, 0) is 4.79 Å². The molecular weight excluding hydrogens is 300 g/mol. The third-order valence-electron chi connectivity index (χ3n) is 4.89. The van der Waals surface area contributed by atoms with Crippen LogP contribution in [0.15, 0.2) is 24.4 Å². The fourth-order valence-electron chi connectivity index (χ4n) is 3.59. The van der Waals surface area contributed by atoms with Gasteiger partial charge in [-0.25, -0.2) is 0 Å². The minimum atomic E-state index is 0.0569. The smallest absolute Gasteiger partial charge is 0.223 e. The first-order valence-corrected chi connectivity index (χ1v) is 8.80. The van der Waals surface area contributed by atoms with Crippen molar-refractivity contribution in [3.63, 3.8) is 0 Å². The maximum Gasteiger partial charge on any atom is 0.223 e. The number of carbonyl (C=O) groups excluding carboxylic acids is 1. The van der Waals surface area contributed by atoms with Crippen LogP contribution in [0.5, 0.6) is 5.75 Å². The fourth-order valence-corrected chi connectivity index (χ4v) is 3.59. The Bertz CT molecular complexity index is 719. The number of nitrogens with zero attached hydrogens (tertiary/aromatic N) is 1. The molecule has 4 nitrogen and oxygen atoms in total. The van der Waals surface area contributed by atoms with Gasteiger partial charge in [0.15, 0.2) is 0 Å². The molecule has 0 radical (unpaired) electrons. The number of H-pyrrole nitrogens is 1. The monoisotopic (exact) mass is 328 g/mol. The van der Waals surface area contributed by atoms with Crippen LogP contribution in [-0.4, -0.2) is 36.0 Å². The minimum absolute atomic E-state index is 0.0569. The highest BCUT2D eigenvalue weighted by Gasteiger charge is 2.27. The van der Waals surface area contributed by atoms with Crippen LogP contribution in [0.4, 0.5) is 0 Å². The first-order valence-electron chi connectivity index (χ1n) is 8.80. The second-order valence-corrected chi connectivity index (χ2v) is 8.05. The van der Waals surface area contributed by atoms with Crippen molar-refractivity contribution in [3.8, 4) is 5.75 Å². The molecule has 1 aromatic carbocycles. The molecule has 1 aliphatic rings. The largest absolute Gasteiger partial charge is 0.497 e. The molecule has 4 heteroatoms. The van der Waals surface area contributed by atoms with E-state index in [2.05, 4.69) is 44.1 Å². The van der Waals surface area contributed by atoms with E-state index in [0.717, 1.165) is 37.2 Å². The van der Waals surface area contributed by atoms with Crippen molar-refractivity contribution < 1.29 is 9.53 Å². The van der Waals surface area contributed by atoms with Gasteiger partial charge in [0.1, 0.15) is 5.75 Å². The van der Waals surface area contributed by atoms with Crippen molar-refractivity contribution in [2.24, 2.45) is 5.41 Å². The number of benzene rings is 1. The quantitative estimate of drug-likeness (QED) is 0.912. The van der Waals surface area contributed by atoms with Gasteiger partial charge in [-0.3, -0.25) is 4.79 Å². The molecule has 2 aromatic rings. The SMILES string of the molecule is COc1ccc2[nH]cc(C3CCN(C(=O)CC(C)(C)C)CC3)c2c1. The number of nitrogens with one attached hydrogen (secondary N) is 1. The van der Waals surface area contributed by atoms with E-state index in [0.29, 0.717) is 18.2 Å². The molecule has 1 amide bonds. The van der Waals surface area contributed by atoms with Crippen molar-refractivity contribution in [2.75, 3.05) is 20.2 Å². The fraction of sp³-hybridized carbons (Fsp3) is 0.550. The van der Waals surface area contributed by atoms with Crippen LogP contribution in [0.2, 0.25) is 0 Å². The molecule has 0 spiro atoms. The average Bonchev–Trinajstić information content (AvgIpc) is 2.96. The molecule has 130 valence electrons. The van der Waals surface area contributed by atoms with E-state index in [-0.39, 0.29) is 5.41 Å². The lowest BCUT2D eigenvalue weighted by atomic mass is 9.87. The Morgan fingerprint density at radius 3 is 2.62 bits per heavy atom. The van der Waals surface area contributed by atoms with Gasteiger partial charge in [0.25, 0.3) is 0 Å². The van der Waals surface area contributed by atoms with Crippen LogP contribution in [0.3, 0.4) is 0 Å². The summed E-state index contributed by atoms with van der Waals surface area (Å²) in [5.41, 5.74) is 2.56. The molecule has 0 aliphatic carbocycles. The predicted molar refractivity (Wildman–Crippen MR) is 97.5 cm³/mol. The number of aromatic amines is 1. The summed E-state index contributed by atoms with van der Waals surface area (Å²) in [6, 6.07) is 6.16. The molecule has 0 atom stereocenters. The number of hydrogen-bond acceptors (Lipinski definition) is 2. The normalized spacial score (nSPS) is 16.6. The summed E-state index contributed by atoms with van der Waals surface area (Å²) in [5, 5.41) is 1.24. The van der Waals surface area contributed by atoms with Crippen LogP contribution in [0.1, 0.15) is 51.5 Å². The summed E-state index contributed by atoms with van der Waals surface area (Å²) in [4.78, 5) is 17.8. The van der Waals surface area contributed by atoms with Crippen LogP contribution < -0.4 is 4.74 Å². The van der Waals surface area contributed by atoms with Gasteiger partial charge >= 0.3 is 0 Å². The molecule has 1 N–H and O–H groups in total. The number of rotatable bonds is 3. The van der Waals surface area contributed by atoms with Crippen LogP contribution in [0.25, 0.3) is 10.9 Å². The molecule has 0 bridgehead atoms. The first kappa shape index (κ1) is 16.9. The van der Waals surface area contributed by atoms with Gasteiger partial charge < -0.3 is 14.6 Å². The highest BCUT2D eigenvalue weighted by molar-refractivity contribution is 5.85. The number of methoxy groups -OCH3 is 1. The third-order valence-corrected chi connectivity index (χ3v) is 4.89. The Morgan fingerprint density at radius 1 is 1.29 bits per heavy atom. The summed E-state index contributed by atoms with van der Waals surface area (Å²) >= 11 is 0. The summed E-state index contributed by atoms with van der Waals surface area (Å²) < 4.78 is 5.36. The summed E-state index contributed by atoms with van der Waals surface area (Å²) in [6.07, 6.45) is 4.81. The van der Waals surface area contributed by atoms with Gasteiger partial charge in [-0.1, -0.05) is 20.8 Å². The molecule has 2 heterocycles. The van der Waals surface area contributed by atoms with Crippen molar-refractivity contribution >= 4 is 16.8 Å². The molecule has 0 saturated carbocycles. The second kappa shape index (κ2) is 6.50. The van der Waals surface area contributed by atoms with Gasteiger partial charge in [0.2, 0.25) is 5.91 Å². The minimum Gasteiger partial charge on any atom is -0.497 e. The van der Waals surface area contributed by atoms with E-state index >= 15 is 0 Å². The maximum absolute atomic E-state index is 12.4. The molecule has 1 aromatic heterocycles. The highest BCUT2D eigenvalue weighted by Crippen LogP contribution is 2.35. The van der Waals surface area contributed by atoms with E-state index < -0.39 is 0 Å². The van der Waals surface area contributed by atoms with E-state index in [1.54, 1.807) is 7.11 Å². The second-order valence-electron chi connectivity index (χ2n) is 8.05. The van der Waals surface area contributed by atoms with Gasteiger partial charge in [0.05, 0.1) is 7.11 Å². The lowest BCUT2D eigenvalue weighted by Crippen LogP contribution is -2.39. The number of carbonyl (C=O) groups is 1. The third kappa shape index (κ3) is 3.58. The Balaban J connectivity index is 1.70. The number of ether oxygens (including phenoxy) is 1. The van der Waals surface area contributed by atoms with Gasteiger partial charge in [-0.2, -0.15) is 0 Å². The van der Waals surface area contributed by atoms with E-state index in [1.807, 2.05) is 11.0 Å². The van der Waals surface area contributed by atoms with Crippen molar-refractivity contribution in [3.05, 3.63) is 30.0 Å². The Hall–Kier alpha value is -1.97. The number of fused-ring (bicyclic) bond motifs is 1. The van der Waals surface area contributed by atoms with Crippen LogP contribution >= 0.6 is 0 Å². The van der Waals surface area contributed by atoms with Crippen molar-refractivity contribution in [2.45, 2.75) is 46.0 Å². The number of amides is 1. The van der Waals surface area contributed by atoms with Gasteiger partial charge in [-0.15, -0.1) is 0 Å². The average molecular weight is 328 g/mol. The Morgan fingerprint density at radius 2 is 2.00 bits per heavy atom. The maximum atomic E-state index is 12.4. The zero-order valence-electron chi connectivity index (χ0n) is 15.2. The highest BCUT2D eigenvalue weighted by atomic mass is 16.5. The summed E-state index contributed by atoms with van der Waals surface area (Å²) in [7, 11) is 1.70. The molecule has 0 unspecified atom stereocenters. The summed E-state index contributed by atoms with van der Waals surface area (Å²) in [5.74, 6) is 1.69. The zero-order valence-corrected chi connectivity index (χ0v) is 15.2. The predicted octanol–water partition coefficient (Wildman–Crippen LogP) is 4.32. The zero-order chi connectivity index (χ0) is 17.3. The molecule has 3 rings (SSSR count). The molecular formula is C20H28N2O2. The topological polar surface area (TPSA) is 45.3 Å². The Kier molecular flexibility index (Phi) is 4.57. The first-order chi connectivity index (χ1) is 11.4. The van der Waals surface area contributed by atoms with Crippen molar-refractivity contribution in [1.29, 1.82) is 0 Å². The lowest BCUT2D eigenvalue weighted by Gasteiger charge is -2.33. The van der Waals surface area contributed by atoms with Crippen molar-refractivity contribution in [1.82, 2.24) is 9.88 Å². The van der Waals surface area contributed by atoms with Gasteiger partial charge in [-0.05, 0) is 47.9 Å². The number of aromatic nitrogens is 1. The number of hydrogen-bond donors (Lipinski definition) is 1. The van der Waals surface area contributed by atoms with E-state index in [4.69, 9.17) is 4.74 Å². The summed E-state index contributed by atoms with van der Waals surface area (Å²) in [6.45, 7) is 8.08. The number of piperidine rings is 1. The molecule has 24 heavy (non-hydrogen) atoms. The molecule has 1 aliphatic heterocycles. The molecule has 1 saturated heterocycles. The van der Waals surface area contributed by atoms with Crippen LogP contribution in [0, 0.1) is 5.41 Å². The number of likely N-dealkylation sites (tertiary alicyclic amines) is 1. The lowest BCUT2D eigenvalue weighted by molar-refractivity contribution is -0.134. The van der Waals surface area contributed by atoms with E-state index in [1.165, 1.54) is 10.9 Å². The Labute approximate surface area is 144 Å². The molecule has 1 fully saturated rings. The standard InChI is InChI=1S/C20H28N2O2/c1-20(2,3)12-19(23)22-9-7-14(8-10-22)17-13-21-18-6-5-15(24-4)11-16(17)18/h5-6,11,13-14,21H,7-10,12H2,1-4H3. The van der Waals surface area contributed by atoms with E-state index in [9.17, 15) is 4.79 Å². The van der Waals surface area contributed by atoms with Gasteiger partial charge in [0, 0.05) is 36.6 Å².